The third-order valence-corrected chi connectivity index (χ3v) is 6.47. The molecule has 0 aliphatic heterocycles. The summed E-state index contributed by atoms with van der Waals surface area (Å²) in [5, 5.41) is 0. The van der Waals surface area contributed by atoms with E-state index in [1.165, 1.54) is 5.56 Å². The number of aromatic nitrogens is 3. The first-order valence-corrected chi connectivity index (χ1v) is 12.9. The molecule has 6 nitrogen and oxygen atoms in total. The zero-order chi connectivity index (χ0) is 26.4. The molecule has 37 heavy (non-hydrogen) atoms. The predicted octanol–water partition coefficient (Wildman–Crippen LogP) is 5.88. The molecule has 2 N–H and O–H groups in total. The van der Waals surface area contributed by atoms with Crippen LogP contribution in [0.1, 0.15) is 60.7 Å². The van der Waals surface area contributed by atoms with Crippen LogP contribution < -0.4 is 5.73 Å². The van der Waals surface area contributed by atoms with Crippen molar-refractivity contribution >= 4 is 5.91 Å². The fourth-order valence-corrected chi connectivity index (χ4v) is 4.67. The fraction of sp³-hybridized carbons (Fsp3) is 0.323. The van der Waals surface area contributed by atoms with Gasteiger partial charge in [0.05, 0.1) is 17.3 Å². The van der Waals surface area contributed by atoms with E-state index < -0.39 is 0 Å². The van der Waals surface area contributed by atoms with Gasteiger partial charge in [0, 0.05) is 36.7 Å². The number of carbonyl (C=O) groups is 1. The van der Waals surface area contributed by atoms with E-state index in [0.29, 0.717) is 31.6 Å². The number of hydrogen-bond donors (Lipinski definition) is 1. The molecule has 0 fully saturated rings. The van der Waals surface area contributed by atoms with Crippen molar-refractivity contribution in [3.8, 4) is 11.3 Å². The summed E-state index contributed by atoms with van der Waals surface area (Å²) in [6.07, 6.45) is 4.47. The minimum Gasteiger partial charge on any atom is -0.330 e. The maximum Gasteiger partial charge on any atom is 0.256 e. The summed E-state index contributed by atoms with van der Waals surface area (Å²) >= 11 is 0. The van der Waals surface area contributed by atoms with Gasteiger partial charge in [-0.05, 0) is 43.0 Å². The molecular formula is C31H37N5O. The lowest BCUT2D eigenvalue weighted by atomic mass is 9.84. The summed E-state index contributed by atoms with van der Waals surface area (Å²) in [5.41, 5.74) is 10.2. The van der Waals surface area contributed by atoms with Crippen molar-refractivity contribution in [2.45, 2.75) is 46.7 Å². The van der Waals surface area contributed by atoms with Gasteiger partial charge in [0.25, 0.3) is 5.91 Å². The number of rotatable bonds is 9. The molecule has 192 valence electrons. The van der Waals surface area contributed by atoms with Gasteiger partial charge in [-0.3, -0.25) is 9.78 Å². The number of carbonyl (C=O) groups excluding carboxylic acids is 1. The van der Waals surface area contributed by atoms with E-state index in [0.717, 1.165) is 22.8 Å². The fourth-order valence-electron chi connectivity index (χ4n) is 4.67. The van der Waals surface area contributed by atoms with Crippen LogP contribution in [0.15, 0.2) is 85.2 Å². The van der Waals surface area contributed by atoms with Crippen molar-refractivity contribution in [1.82, 2.24) is 19.4 Å². The van der Waals surface area contributed by atoms with Gasteiger partial charge in [0.15, 0.2) is 0 Å². The Morgan fingerprint density at radius 3 is 2.27 bits per heavy atom. The van der Waals surface area contributed by atoms with Crippen LogP contribution in [0.4, 0.5) is 0 Å². The first kappa shape index (κ1) is 26.3. The van der Waals surface area contributed by atoms with Crippen LogP contribution in [0.5, 0.6) is 0 Å². The molecule has 0 spiro atoms. The molecule has 2 aromatic heterocycles. The van der Waals surface area contributed by atoms with Gasteiger partial charge < -0.3 is 15.2 Å². The normalized spacial score (nSPS) is 12.4. The standard InChI is InChI=1S/C31H37N5O/c1-23-16-17-26(20-33-23)30(37)36(19-11-18-32)28(31(2,3)4)29-34-27(25-14-9-6-10-15-25)22-35(29)21-24-12-7-5-8-13-24/h5-10,12-17,20,22,28H,11,18-19,21,32H2,1-4H3/t28-/m0/s1. The molecule has 1 atom stereocenters. The molecule has 6 heteroatoms. The van der Waals surface area contributed by atoms with E-state index in [9.17, 15) is 4.79 Å². The second-order valence-electron chi connectivity index (χ2n) is 10.6. The quantitative estimate of drug-likeness (QED) is 0.315. The molecule has 0 bridgehead atoms. The molecule has 2 aromatic carbocycles. The molecule has 0 radical (unpaired) electrons. The third kappa shape index (κ3) is 6.33. The van der Waals surface area contributed by atoms with Crippen molar-refractivity contribution in [3.63, 3.8) is 0 Å². The van der Waals surface area contributed by atoms with Crippen molar-refractivity contribution in [1.29, 1.82) is 0 Å². The van der Waals surface area contributed by atoms with Crippen LogP contribution in [-0.4, -0.2) is 38.4 Å². The lowest BCUT2D eigenvalue weighted by Gasteiger charge is -2.40. The largest absolute Gasteiger partial charge is 0.330 e. The van der Waals surface area contributed by atoms with Gasteiger partial charge in [-0.1, -0.05) is 81.4 Å². The number of aryl methyl sites for hydroxylation is 1. The highest BCUT2D eigenvalue weighted by Crippen LogP contribution is 2.39. The Kier molecular flexibility index (Phi) is 8.19. The maximum atomic E-state index is 14.0. The molecule has 0 saturated carbocycles. The third-order valence-electron chi connectivity index (χ3n) is 6.47. The van der Waals surface area contributed by atoms with E-state index in [2.05, 4.69) is 60.8 Å². The molecule has 0 unspecified atom stereocenters. The zero-order valence-electron chi connectivity index (χ0n) is 22.3. The number of hydrogen-bond acceptors (Lipinski definition) is 4. The smallest absolute Gasteiger partial charge is 0.256 e. The number of pyridine rings is 1. The van der Waals surface area contributed by atoms with Crippen molar-refractivity contribution < 1.29 is 4.79 Å². The minimum absolute atomic E-state index is 0.0589. The van der Waals surface area contributed by atoms with Crippen molar-refractivity contribution in [2.75, 3.05) is 13.1 Å². The summed E-state index contributed by atoms with van der Waals surface area (Å²) in [7, 11) is 0. The van der Waals surface area contributed by atoms with Crippen molar-refractivity contribution in [2.24, 2.45) is 11.1 Å². The van der Waals surface area contributed by atoms with Gasteiger partial charge in [0.2, 0.25) is 0 Å². The lowest BCUT2D eigenvalue weighted by molar-refractivity contribution is 0.0482. The van der Waals surface area contributed by atoms with E-state index >= 15 is 0 Å². The maximum absolute atomic E-state index is 14.0. The average molecular weight is 496 g/mol. The van der Waals surface area contributed by atoms with Crippen LogP contribution in [0.3, 0.4) is 0 Å². The van der Waals surface area contributed by atoms with Crippen LogP contribution in [-0.2, 0) is 6.54 Å². The summed E-state index contributed by atoms with van der Waals surface area (Å²) in [4.78, 5) is 25.5. The average Bonchev–Trinajstić information content (AvgIpc) is 3.29. The zero-order valence-corrected chi connectivity index (χ0v) is 22.3. The highest BCUT2D eigenvalue weighted by molar-refractivity contribution is 5.94. The number of imidazole rings is 1. The topological polar surface area (TPSA) is 77.0 Å². The number of nitrogens with two attached hydrogens (primary N) is 1. The van der Waals surface area contributed by atoms with Gasteiger partial charge in [-0.25, -0.2) is 4.98 Å². The SMILES string of the molecule is Cc1ccc(C(=O)N(CCCN)[C@@H](c2nc(-c3ccccc3)cn2Cc2ccccc2)C(C)(C)C)cn1. The monoisotopic (exact) mass is 495 g/mol. The highest BCUT2D eigenvalue weighted by atomic mass is 16.2. The Labute approximate surface area is 220 Å². The molecular weight excluding hydrogens is 458 g/mol. The highest BCUT2D eigenvalue weighted by Gasteiger charge is 2.38. The molecule has 0 saturated heterocycles. The Morgan fingerprint density at radius 2 is 1.68 bits per heavy atom. The molecule has 0 aliphatic rings. The van der Waals surface area contributed by atoms with Gasteiger partial charge in [0.1, 0.15) is 5.82 Å². The molecule has 4 aromatic rings. The van der Waals surface area contributed by atoms with Gasteiger partial charge in [-0.2, -0.15) is 0 Å². The van der Waals surface area contributed by atoms with Crippen LogP contribution in [0, 0.1) is 12.3 Å². The van der Waals surface area contributed by atoms with Gasteiger partial charge in [-0.15, -0.1) is 0 Å². The van der Waals surface area contributed by atoms with E-state index in [1.807, 2.05) is 60.4 Å². The summed E-state index contributed by atoms with van der Waals surface area (Å²) in [6, 6.07) is 24.0. The minimum atomic E-state index is -0.296. The Hall–Kier alpha value is -3.77. The van der Waals surface area contributed by atoms with Crippen LogP contribution >= 0.6 is 0 Å². The Balaban J connectivity index is 1.85. The van der Waals surface area contributed by atoms with Crippen LogP contribution in [0.25, 0.3) is 11.3 Å². The number of benzene rings is 2. The number of nitrogens with zero attached hydrogens (tertiary/aromatic N) is 4. The lowest BCUT2D eigenvalue weighted by Crippen LogP contribution is -2.43. The number of amides is 1. The second-order valence-corrected chi connectivity index (χ2v) is 10.6. The summed E-state index contributed by atoms with van der Waals surface area (Å²) in [6.45, 7) is 10.1. The Morgan fingerprint density at radius 1 is 1.00 bits per heavy atom. The summed E-state index contributed by atoms with van der Waals surface area (Å²) < 4.78 is 2.20. The molecule has 0 aliphatic carbocycles. The van der Waals surface area contributed by atoms with E-state index in [-0.39, 0.29) is 17.4 Å². The van der Waals surface area contributed by atoms with Gasteiger partial charge >= 0.3 is 0 Å². The molecule has 4 rings (SSSR count). The van der Waals surface area contributed by atoms with Crippen LogP contribution in [0.2, 0.25) is 0 Å². The Bertz CT molecular complexity index is 1290. The summed E-state index contributed by atoms with van der Waals surface area (Å²) in [5.74, 6) is 0.803. The molecule has 2 heterocycles. The first-order valence-electron chi connectivity index (χ1n) is 12.9. The van der Waals surface area contributed by atoms with Crippen molar-refractivity contribution in [3.05, 3.63) is 108 Å². The predicted molar refractivity (Wildman–Crippen MR) is 149 cm³/mol. The second kappa shape index (κ2) is 11.5. The first-order chi connectivity index (χ1) is 17.8. The van der Waals surface area contributed by atoms with E-state index in [1.54, 1.807) is 6.20 Å². The molecule has 1 amide bonds. The van der Waals surface area contributed by atoms with E-state index in [4.69, 9.17) is 10.7 Å².